The van der Waals surface area contributed by atoms with Crippen LogP contribution in [0.3, 0.4) is 0 Å². The molecule has 3 N–H and O–H groups in total. The van der Waals surface area contributed by atoms with E-state index >= 15 is 0 Å². The third-order valence-electron chi connectivity index (χ3n) is 2.10. The highest BCUT2D eigenvalue weighted by Crippen LogP contribution is 2.08. The molecule has 0 radical (unpaired) electrons. The largest absolute Gasteiger partial charge is 0.465 e. The molecular weight excluding hydrogens is 194 g/mol. The third kappa shape index (κ3) is 4.14. The zero-order valence-corrected chi connectivity index (χ0v) is 9.12. The monoisotopic (exact) mass is 211 g/mol. The van der Waals surface area contributed by atoms with E-state index in [-0.39, 0.29) is 5.91 Å². The summed E-state index contributed by atoms with van der Waals surface area (Å²) in [5.74, 6) is 6.63. The predicted octanol–water partition coefficient (Wildman–Crippen LogP) is 0.400. The zero-order chi connectivity index (χ0) is 11.3. The summed E-state index contributed by atoms with van der Waals surface area (Å²) in [7, 11) is 1.93. The normalized spacial score (nSPS) is 10.7. The van der Waals surface area contributed by atoms with E-state index in [1.165, 1.54) is 0 Å². The van der Waals surface area contributed by atoms with E-state index in [2.05, 4.69) is 5.43 Å². The van der Waals surface area contributed by atoms with Gasteiger partial charge in [-0.2, -0.15) is 0 Å². The van der Waals surface area contributed by atoms with Crippen molar-refractivity contribution in [3.05, 3.63) is 23.7 Å². The molecule has 0 fully saturated rings. The fourth-order valence-electron chi connectivity index (χ4n) is 1.28. The molecule has 84 valence electrons. The summed E-state index contributed by atoms with van der Waals surface area (Å²) in [6, 6.07) is 3.87. The Morgan fingerprint density at radius 2 is 2.33 bits per heavy atom. The molecule has 0 spiro atoms. The van der Waals surface area contributed by atoms with E-state index in [0.717, 1.165) is 11.5 Å². The second-order valence-electron chi connectivity index (χ2n) is 3.57. The lowest BCUT2D eigenvalue weighted by Crippen LogP contribution is -2.33. The van der Waals surface area contributed by atoms with E-state index < -0.39 is 0 Å². The summed E-state index contributed by atoms with van der Waals surface area (Å²) in [6.45, 7) is 3.26. The van der Waals surface area contributed by atoms with Crippen molar-refractivity contribution in [3.8, 4) is 0 Å². The maximum atomic E-state index is 10.9. The number of nitrogens with two attached hydrogens (primary N) is 1. The van der Waals surface area contributed by atoms with Crippen LogP contribution in [0.2, 0.25) is 0 Å². The zero-order valence-electron chi connectivity index (χ0n) is 9.12. The third-order valence-corrected chi connectivity index (χ3v) is 2.10. The van der Waals surface area contributed by atoms with Gasteiger partial charge in [-0.15, -0.1) is 0 Å². The molecule has 15 heavy (non-hydrogen) atoms. The number of hydrazine groups is 1. The first-order valence-electron chi connectivity index (χ1n) is 4.85. The molecular formula is C10H17N3O2. The number of aryl methyl sites for hydroxylation is 1. The van der Waals surface area contributed by atoms with Crippen LogP contribution in [0, 0.1) is 6.92 Å². The molecule has 0 aliphatic carbocycles. The first-order valence-corrected chi connectivity index (χ1v) is 4.85. The molecule has 5 heteroatoms. The van der Waals surface area contributed by atoms with Crippen LogP contribution < -0.4 is 11.3 Å². The smallest absolute Gasteiger partial charge is 0.235 e. The summed E-state index contributed by atoms with van der Waals surface area (Å²) in [4.78, 5) is 12.9. The first-order chi connectivity index (χ1) is 7.11. The van der Waals surface area contributed by atoms with Gasteiger partial charge in [0.25, 0.3) is 0 Å². The van der Waals surface area contributed by atoms with Gasteiger partial charge in [0.05, 0.1) is 6.54 Å². The van der Waals surface area contributed by atoms with Gasteiger partial charge in [0, 0.05) is 13.0 Å². The number of furan rings is 1. The summed E-state index contributed by atoms with van der Waals surface area (Å²) < 4.78 is 5.42. The summed E-state index contributed by atoms with van der Waals surface area (Å²) >= 11 is 0. The van der Waals surface area contributed by atoms with Crippen molar-refractivity contribution in [2.75, 3.05) is 13.6 Å². The molecule has 0 unspecified atom stereocenters. The van der Waals surface area contributed by atoms with E-state index in [1.807, 2.05) is 31.0 Å². The maximum absolute atomic E-state index is 10.9. The van der Waals surface area contributed by atoms with Crippen molar-refractivity contribution in [1.82, 2.24) is 10.3 Å². The van der Waals surface area contributed by atoms with Gasteiger partial charge in [0.2, 0.25) is 5.91 Å². The van der Waals surface area contributed by atoms with Gasteiger partial charge in [-0.05, 0) is 26.1 Å². The van der Waals surface area contributed by atoms with Crippen LogP contribution in [0.5, 0.6) is 0 Å². The van der Waals surface area contributed by atoms with Crippen molar-refractivity contribution < 1.29 is 9.21 Å². The number of carbonyl (C=O) groups excluding carboxylic acids is 1. The Bertz CT molecular complexity index is 322. The van der Waals surface area contributed by atoms with E-state index in [0.29, 0.717) is 19.5 Å². The summed E-state index contributed by atoms with van der Waals surface area (Å²) in [5, 5.41) is 0. The Morgan fingerprint density at radius 3 is 2.87 bits per heavy atom. The molecule has 1 heterocycles. The minimum absolute atomic E-state index is 0.155. The average molecular weight is 211 g/mol. The second-order valence-corrected chi connectivity index (χ2v) is 3.57. The SMILES string of the molecule is Cc1ccc(CN(C)CCC(=O)NN)o1. The van der Waals surface area contributed by atoms with Gasteiger partial charge < -0.3 is 4.42 Å². The molecule has 0 saturated heterocycles. The number of rotatable bonds is 5. The van der Waals surface area contributed by atoms with Gasteiger partial charge >= 0.3 is 0 Å². The Kier molecular flexibility index (Phi) is 4.33. The van der Waals surface area contributed by atoms with E-state index in [4.69, 9.17) is 10.3 Å². The molecule has 0 atom stereocenters. The standard InChI is InChI=1S/C10H17N3O2/c1-8-3-4-9(15-8)7-13(2)6-5-10(14)12-11/h3-4H,5-7,11H2,1-2H3,(H,12,14). The number of nitrogens with zero attached hydrogens (tertiary/aromatic N) is 1. The number of hydrogen-bond acceptors (Lipinski definition) is 4. The van der Waals surface area contributed by atoms with Gasteiger partial charge in [-0.25, -0.2) is 5.84 Å². The summed E-state index contributed by atoms with van der Waals surface area (Å²) in [6.07, 6.45) is 0.396. The number of carbonyl (C=O) groups is 1. The minimum Gasteiger partial charge on any atom is -0.465 e. The van der Waals surface area contributed by atoms with Crippen molar-refractivity contribution in [1.29, 1.82) is 0 Å². The van der Waals surface area contributed by atoms with Crippen LogP contribution in [0.1, 0.15) is 17.9 Å². The van der Waals surface area contributed by atoms with Crippen molar-refractivity contribution in [3.63, 3.8) is 0 Å². The highest BCUT2D eigenvalue weighted by Gasteiger charge is 2.05. The molecule has 1 aromatic rings. The van der Waals surface area contributed by atoms with Crippen LogP contribution in [0.25, 0.3) is 0 Å². The lowest BCUT2D eigenvalue weighted by atomic mass is 10.3. The quantitative estimate of drug-likeness (QED) is 0.420. The van der Waals surface area contributed by atoms with Gasteiger partial charge in [-0.1, -0.05) is 0 Å². The first kappa shape index (κ1) is 11.7. The molecule has 0 aromatic carbocycles. The maximum Gasteiger partial charge on any atom is 0.235 e. The molecule has 0 aliphatic rings. The molecule has 0 bridgehead atoms. The molecule has 0 saturated carbocycles. The Labute approximate surface area is 89.2 Å². The highest BCUT2D eigenvalue weighted by atomic mass is 16.3. The van der Waals surface area contributed by atoms with Crippen LogP contribution >= 0.6 is 0 Å². The van der Waals surface area contributed by atoms with Crippen molar-refractivity contribution in [2.45, 2.75) is 19.9 Å². The average Bonchev–Trinajstić information content (AvgIpc) is 2.60. The van der Waals surface area contributed by atoms with Gasteiger partial charge in [-0.3, -0.25) is 15.1 Å². The lowest BCUT2D eigenvalue weighted by molar-refractivity contribution is -0.121. The number of hydrogen-bond donors (Lipinski definition) is 2. The van der Waals surface area contributed by atoms with E-state index in [1.54, 1.807) is 0 Å². The Hall–Kier alpha value is -1.33. The number of nitrogens with one attached hydrogen (secondary N) is 1. The number of amides is 1. The topological polar surface area (TPSA) is 71.5 Å². The molecule has 1 aromatic heterocycles. The van der Waals surface area contributed by atoms with Gasteiger partial charge in [0.1, 0.15) is 11.5 Å². The Morgan fingerprint density at radius 1 is 1.60 bits per heavy atom. The highest BCUT2D eigenvalue weighted by molar-refractivity contribution is 5.75. The molecule has 0 aliphatic heterocycles. The molecule has 1 amide bonds. The molecule has 5 nitrogen and oxygen atoms in total. The minimum atomic E-state index is -0.155. The summed E-state index contributed by atoms with van der Waals surface area (Å²) in [5.41, 5.74) is 2.10. The fraction of sp³-hybridized carbons (Fsp3) is 0.500. The lowest BCUT2D eigenvalue weighted by Gasteiger charge is -2.13. The van der Waals surface area contributed by atoms with E-state index in [9.17, 15) is 4.79 Å². The van der Waals surface area contributed by atoms with Gasteiger partial charge in [0.15, 0.2) is 0 Å². The second kappa shape index (κ2) is 5.53. The van der Waals surface area contributed by atoms with Crippen molar-refractivity contribution >= 4 is 5.91 Å². The molecule has 1 rings (SSSR count). The Balaban J connectivity index is 2.30. The fourth-order valence-corrected chi connectivity index (χ4v) is 1.28. The predicted molar refractivity (Wildman–Crippen MR) is 56.7 cm³/mol. The van der Waals surface area contributed by atoms with Crippen LogP contribution in [-0.2, 0) is 11.3 Å². The van der Waals surface area contributed by atoms with Crippen LogP contribution in [0.15, 0.2) is 16.5 Å². The van der Waals surface area contributed by atoms with Crippen LogP contribution in [0.4, 0.5) is 0 Å². The van der Waals surface area contributed by atoms with Crippen molar-refractivity contribution in [2.24, 2.45) is 5.84 Å². The van der Waals surface area contributed by atoms with Crippen LogP contribution in [-0.4, -0.2) is 24.4 Å².